The number of unbranched alkanes of at least 4 members (excludes halogenated alkanes) is 5. The van der Waals surface area contributed by atoms with Gasteiger partial charge in [0, 0.05) is 25.5 Å². The van der Waals surface area contributed by atoms with Crippen molar-refractivity contribution in [3.8, 4) is 0 Å². The van der Waals surface area contributed by atoms with Gasteiger partial charge in [0.15, 0.2) is 0 Å². The normalized spacial score (nSPS) is 16.0. The van der Waals surface area contributed by atoms with E-state index in [1.54, 1.807) is 0 Å². The molecule has 4 nitrogen and oxygen atoms in total. The molecule has 1 aliphatic heterocycles. The van der Waals surface area contributed by atoms with Crippen LogP contribution in [0.5, 0.6) is 0 Å². The van der Waals surface area contributed by atoms with Gasteiger partial charge in [0.1, 0.15) is 0 Å². The summed E-state index contributed by atoms with van der Waals surface area (Å²) in [4.78, 5) is 0. The Morgan fingerprint density at radius 3 is 1.85 bits per heavy atom. The molecule has 0 saturated carbocycles. The fraction of sp³-hybridized carbons (Fsp3) is 0.727. The molecule has 1 aliphatic rings. The van der Waals surface area contributed by atoms with Gasteiger partial charge in [0.2, 0.25) is 0 Å². The highest BCUT2D eigenvalue weighted by atomic mass is 32.2. The van der Waals surface area contributed by atoms with E-state index in [9.17, 15) is 0 Å². The van der Waals surface area contributed by atoms with Gasteiger partial charge in [0.05, 0.1) is 36.8 Å². The predicted octanol–water partition coefficient (Wildman–Crippen LogP) is 4.53. The first-order chi connectivity index (χ1) is 12.7. The molecule has 0 aromatic heterocycles. The number of aryl methyl sites for hydroxylation is 1. The van der Waals surface area contributed by atoms with Crippen molar-refractivity contribution in [3.05, 3.63) is 35.4 Å². The average molecular weight is 398 g/mol. The highest BCUT2D eigenvalue weighted by Gasteiger charge is 2.25. The summed E-state index contributed by atoms with van der Waals surface area (Å²) >= 11 is 0. The fourth-order valence-electron chi connectivity index (χ4n) is 3.70. The largest absolute Gasteiger partial charge is 0.748 e. The van der Waals surface area contributed by atoms with Crippen molar-refractivity contribution in [3.63, 3.8) is 0 Å². The van der Waals surface area contributed by atoms with E-state index in [4.69, 9.17) is 13.0 Å². The SMILES string of the molecule is CCCCCCCCc1ccc(CC[N+]2(C)CCCC2)cc1.CS(=O)(=O)[O-]. The Morgan fingerprint density at radius 1 is 0.889 bits per heavy atom. The lowest BCUT2D eigenvalue weighted by Crippen LogP contribution is -2.42. The third-order valence-corrected chi connectivity index (χ3v) is 5.43. The van der Waals surface area contributed by atoms with E-state index < -0.39 is 10.1 Å². The van der Waals surface area contributed by atoms with Crippen molar-refractivity contribution in [2.24, 2.45) is 0 Å². The van der Waals surface area contributed by atoms with Crippen molar-refractivity contribution in [1.29, 1.82) is 0 Å². The quantitative estimate of drug-likeness (QED) is 0.331. The van der Waals surface area contributed by atoms with Crippen LogP contribution in [-0.4, -0.2) is 50.4 Å². The van der Waals surface area contributed by atoms with Gasteiger partial charge in [-0.05, 0) is 24.0 Å². The smallest absolute Gasteiger partial charge is 0.0916 e. The second-order valence-corrected chi connectivity index (χ2v) is 9.69. The van der Waals surface area contributed by atoms with Crippen LogP contribution in [0.3, 0.4) is 0 Å². The summed E-state index contributed by atoms with van der Waals surface area (Å²) in [5, 5.41) is 0. The molecule has 2 rings (SSSR count). The maximum absolute atomic E-state index is 9.08. The molecule has 1 aromatic carbocycles. The number of hydrogen-bond donors (Lipinski definition) is 0. The van der Waals surface area contributed by atoms with Crippen LogP contribution in [0.25, 0.3) is 0 Å². The van der Waals surface area contributed by atoms with E-state index in [1.807, 2.05) is 0 Å². The maximum Gasteiger partial charge on any atom is 0.0916 e. The van der Waals surface area contributed by atoms with Crippen LogP contribution in [0.4, 0.5) is 0 Å². The van der Waals surface area contributed by atoms with Crippen molar-refractivity contribution in [2.75, 3.05) is 32.9 Å². The molecule has 0 amide bonds. The Kier molecular flexibility index (Phi) is 11.2. The molecule has 27 heavy (non-hydrogen) atoms. The number of quaternary nitrogens is 1. The van der Waals surface area contributed by atoms with Crippen LogP contribution >= 0.6 is 0 Å². The summed E-state index contributed by atoms with van der Waals surface area (Å²) in [6.07, 6.45) is 14.3. The third-order valence-electron chi connectivity index (χ3n) is 5.43. The summed E-state index contributed by atoms with van der Waals surface area (Å²) in [5.41, 5.74) is 3.05. The Morgan fingerprint density at radius 2 is 1.33 bits per heavy atom. The van der Waals surface area contributed by atoms with E-state index in [2.05, 4.69) is 38.2 Å². The van der Waals surface area contributed by atoms with E-state index in [1.165, 1.54) is 99.5 Å². The fourth-order valence-corrected chi connectivity index (χ4v) is 3.70. The van der Waals surface area contributed by atoms with Crippen LogP contribution < -0.4 is 0 Å². The predicted molar refractivity (Wildman–Crippen MR) is 113 cm³/mol. The van der Waals surface area contributed by atoms with Crippen LogP contribution in [-0.2, 0) is 23.0 Å². The number of nitrogens with zero attached hydrogens (tertiary/aromatic N) is 1. The Hall–Kier alpha value is -0.910. The summed E-state index contributed by atoms with van der Waals surface area (Å²) in [6, 6.07) is 9.47. The zero-order chi connectivity index (χ0) is 20.2. The molecule has 1 aromatic rings. The van der Waals surface area contributed by atoms with Crippen LogP contribution in [0.1, 0.15) is 69.4 Å². The summed E-state index contributed by atoms with van der Waals surface area (Å²) < 4.78 is 28.5. The van der Waals surface area contributed by atoms with Gasteiger partial charge in [0.25, 0.3) is 0 Å². The molecule has 0 N–H and O–H groups in total. The second kappa shape index (κ2) is 12.5. The van der Waals surface area contributed by atoms with Crippen molar-refractivity contribution < 1.29 is 17.5 Å². The summed E-state index contributed by atoms with van der Waals surface area (Å²) in [6.45, 7) is 6.37. The van der Waals surface area contributed by atoms with Gasteiger partial charge >= 0.3 is 0 Å². The molecule has 1 fully saturated rings. The highest BCUT2D eigenvalue weighted by molar-refractivity contribution is 7.84. The Balaban J connectivity index is 0.000000646. The molecule has 0 radical (unpaired) electrons. The molecule has 0 aliphatic carbocycles. The maximum atomic E-state index is 9.08. The van der Waals surface area contributed by atoms with E-state index in [0.29, 0.717) is 6.26 Å². The van der Waals surface area contributed by atoms with Gasteiger partial charge in [-0.3, -0.25) is 0 Å². The van der Waals surface area contributed by atoms with E-state index in [-0.39, 0.29) is 0 Å². The molecule has 1 saturated heterocycles. The van der Waals surface area contributed by atoms with Crippen molar-refractivity contribution >= 4 is 10.1 Å². The van der Waals surface area contributed by atoms with Crippen molar-refractivity contribution in [1.82, 2.24) is 0 Å². The van der Waals surface area contributed by atoms with Gasteiger partial charge in [-0.25, -0.2) is 8.42 Å². The number of rotatable bonds is 10. The molecule has 0 unspecified atom stereocenters. The van der Waals surface area contributed by atoms with Gasteiger partial charge < -0.3 is 9.04 Å². The number of likely N-dealkylation sites (N-methyl/N-ethyl adjacent to an activating group) is 1. The van der Waals surface area contributed by atoms with Crippen LogP contribution in [0.2, 0.25) is 0 Å². The standard InChI is InChI=1S/C21H36N.CH4O3S/c1-3-4-5-6-7-8-11-20-12-14-21(15-13-20)16-19-22(2)17-9-10-18-22;1-5(2,3)4/h12-15H,3-11,16-19H2,1-2H3;1H3,(H,2,3,4)/q+1;/p-1. The first kappa shape index (κ1) is 24.1. The lowest BCUT2D eigenvalue weighted by Gasteiger charge is -2.29. The highest BCUT2D eigenvalue weighted by Crippen LogP contribution is 2.18. The van der Waals surface area contributed by atoms with Crippen molar-refractivity contribution in [2.45, 2.75) is 71.1 Å². The Labute approximate surface area is 167 Å². The van der Waals surface area contributed by atoms with Crippen LogP contribution in [0, 0.1) is 0 Å². The van der Waals surface area contributed by atoms with Gasteiger partial charge in [-0.15, -0.1) is 0 Å². The summed E-state index contributed by atoms with van der Waals surface area (Å²) in [7, 11) is -1.49. The topological polar surface area (TPSA) is 57.2 Å². The molecule has 0 atom stereocenters. The Bertz CT molecular complexity index is 597. The third kappa shape index (κ3) is 13.0. The monoisotopic (exact) mass is 397 g/mol. The van der Waals surface area contributed by atoms with Crippen LogP contribution in [0.15, 0.2) is 24.3 Å². The van der Waals surface area contributed by atoms with Gasteiger partial charge in [-0.2, -0.15) is 0 Å². The molecule has 1 heterocycles. The lowest BCUT2D eigenvalue weighted by molar-refractivity contribution is -0.897. The zero-order valence-electron chi connectivity index (χ0n) is 17.6. The first-order valence-electron chi connectivity index (χ1n) is 10.5. The molecule has 156 valence electrons. The van der Waals surface area contributed by atoms with E-state index in [0.717, 1.165) is 0 Å². The minimum absolute atomic E-state index is 0.604. The number of hydrogen-bond acceptors (Lipinski definition) is 3. The second-order valence-electron chi connectivity index (χ2n) is 8.29. The molecular weight excluding hydrogens is 358 g/mol. The number of likely N-dealkylation sites (tertiary alicyclic amines) is 1. The van der Waals surface area contributed by atoms with Gasteiger partial charge in [-0.1, -0.05) is 63.3 Å². The zero-order valence-corrected chi connectivity index (χ0v) is 18.4. The number of benzene rings is 1. The minimum atomic E-state index is -3.92. The average Bonchev–Trinajstić information content (AvgIpc) is 3.03. The first-order valence-corrected chi connectivity index (χ1v) is 12.4. The minimum Gasteiger partial charge on any atom is -0.748 e. The lowest BCUT2D eigenvalue weighted by atomic mass is 10.0. The van der Waals surface area contributed by atoms with E-state index >= 15 is 0 Å². The summed E-state index contributed by atoms with van der Waals surface area (Å²) in [5.74, 6) is 0. The molecular formula is C22H39NO3S. The molecule has 0 bridgehead atoms. The molecule has 0 spiro atoms. The molecule has 5 heteroatoms.